The molecule has 1 unspecified atom stereocenters. The molecule has 0 radical (unpaired) electrons. The number of anilines is 1. The first-order chi connectivity index (χ1) is 14.1. The van der Waals surface area contributed by atoms with Crippen molar-refractivity contribution in [1.82, 2.24) is 25.2 Å². The summed E-state index contributed by atoms with van der Waals surface area (Å²) in [6, 6.07) is 7.78. The third-order valence-electron chi connectivity index (χ3n) is 4.99. The fourth-order valence-corrected chi connectivity index (χ4v) is 3.42. The Morgan fingerprint density at radius 3 is 3.00 bits per heavy atom. The third kappa shape index (κ3) is 5.54. The second-order valence-corrected chi connectivity index (χ2v) is 7.05. The van der Waals surface area contributed by atoms with Crippen LogP contribution in [0, 0.1) is 0 Å². The zero-order valence-corrected chi connectivity index (χ0v) is 16.9. The Balaban J connectivity index is 1.58. The van der Waals surface area contributed by atoms with Gasteiger partial charge in [0.2, 0.25) is 0 Å². The van der Waals surface area contributed by atoms with Crippen molar-refractivity contribution in [3.63, 3.8) is 0 Å². The summed E-state index contributed by atoms with van der Waals surface area (Å²) in [5, 5.41) is 13.7. The topological polar surface area (TPSA) is 101 Å². The molecule has 2 heterocycles. The lowest BCUT2D eigenvalue weighted by molar-refractivity contribution is 0.0932. The van der Waals surface area contributed by atoms with E-state index in [0.717, 1.165) is 24.9 Å². The summed E-state index contributed by atoms with van der Waals surface area (Å²) in [5.74, 6) is -0.287. The lowest BCUT2D eigenvalue weighted by Crippen LogP contribution is -2.40. The van der Waals surface area contributed by atoms with E-state index in [0.29, 0.717) is 26.2 Å². The average Bonchev–Trinajstić information content (AvgIpc) is 3.38. The van der Waals surface area contributed by atoms with E-state index in [9.17, 15) is 9.59 Å². The first kappa shape index (κ1) is 20.8. The van der Waals surface area contributed by atoms with Gasteiger partial charge in [0.1, 0.15) is 0 Å². The molecule has 1 aliphatic heterocycles. The first-order valence-electron chi connectivity index (χ1n) is 9.94. The molecule has 29 heavy (non-hydrogen) atoms. The number of carbonyl (C=O) groups excluding carboxylic acids is 2. The Labute approximate surface area is 170 Å². The van der Waals surface area contributed by atoms with E-state index in [2.05, 4.69) is 27.9 Å². The zero-order valence-electron chi connectivity index (χ0n) is 16.9. The molecule has 1 aromatic heterocycles. The van der Waals surface area contributed by atoms with Crippen LogP contribution in [0.1, 0.15) is 35.8 Å². The summed E-state index contributed by atoms with van der Waals surface area (Å²) in [5.41, 5.74) is 2.24. The molecule has 3 amide bonds. The van der Waals surface area contributed by atoms with Gasteiger partial charge < -0.3 is 20.3 Å². The van der Waals surface area contributed by atoms with E-state index in [4.69, 9.17) is 4.74 Å². The number of amides is 3. The van der Waals surface area contributed by atoms with Crippen molar-refractivity contribution >= 4 is 17.6 Å². The highest BCUT2D eigenvalue weighted by Crippen LogP contribution is 2.21. The standard InChI is InChI=1S/C20H28N6O3/c1-3-15-6-4-7-16(12-15)22-20(28)26-10-5-8-17(26)13-25-14-18(23-24-25)19(27)21-9-11-29-2/h4,6-7,12,14,17H,3,5,8-11,13H2,1-2H3,(H,21,27)(H,22,28). The van der Waals surface area contributed by atoms with Gasteiger partial charge in [-0.3, -0.25) is 4.79 Å². The van der Waals surface area contributed by atoms with Gasteiger partial charge in [-0.25, -0.2) is 9.48 Å². The van der Waals surface area contributed by atoms with Crippen LogP contribution in [-0.4, -0.2) is 64.7 Å². The van der Waals surface area contributed by atoms with E-state index in [-0.39, 0.29) is 23.7 Å². The average molecular weight is 400 g/mol. The lowest BCUT2D eigenvalue weighted by atomic mass is 10.1. The Morgan fingerprint density at radius 2 is 2.21 bits per heavy atom. The van der Waals surface area contributed by atoms with Crippen LogP contribution in [0.15, 0.2) is 30.5 Å². The molecule has 0 saturated carbocycles. The number of hydrogen-bond acceptors (Lipinski definition) is 5. The molecule has 2 N–H and O–H groups in total. The van der Waals surface area contributed by atoms with Crippen LogP contribution in [0.4, 0.5) is 10.5 Å². The monoisotopic (exact) mass is 400 g/mol. The molecule has 1 atom stereocenters. The van der Waals surface area contributed by atoms with Gasteiger partial charge in [0.05, 0.1) is 25.4 Å². The number of benzene rings is 1. The number of rotatable bonds is 8. The van der Waals surface area contributed by atoms with E-state index in [1.165, 1.54) is 5.56 Å². The van der Waals surface area contributed by atoms with Crippen LogP contribution in [0.5, 0.6) is 0 Å². The molecule has 9 heteroatoms. The van der Waals surface area contributed by atoms with Crippen LogP contribution in [0.25, 0.3) is 0 Å². The van der Waals surface area contributed by atoms with Gasteiger partial charge >= 0.3 is 6.03 Å². The van der Waals surface area contributed by atoms with Gasteiger partial charge in [-0.05, 0) is 37.0 Å². The van der Waals surface area contributed by atoms with Gasteiger partial charge in [-0.15, -0.1) is 5.10 Å². The number of hydrogen-bond donors (Lipinski definition) is 2. The summed E-state index contributed by atoms with van der Waals surface area (Å²) in [6.45, 7) is 4.14. The van der Waals surface area contributed by atoms with Gasteiger partial charge in [0, 0.05) is 25.9 Å². The Morgan fingerprint density at radius 1 is 1.34 bits per heavy atom. The SMILES string of the molecule is CCc1cccc(NC(=O)N2CCCC2Cn2cc(C(=O)NCCOC)nn2)c1. The molecule has 1 saturated heterocycles. The minimum Gasteiger partial charge on any atom is -0.383 e. The number of urea groups is 1. The summed E-state index contributed by atoms with van der Waals surface area (Å²) in [6.07, 6.45) is 4.36. The number of likely N-dealkylation sites (tertiary alicyclic amines) is 1. The van der Waals surface area contributed by atoms with Crippen LogP contribution in [0.2, 0.25) is 0 Å². The maximum absolute atomic E-state index is 12.8. The van der Waals surface area contributed by atoms with Crippen molar-refractivity contribution < 1.29 is 14.3 Å². The zero-order chi connectivity index (χ0) is 20.6. The minimum atomic E-state index is -0.287. The molecule has 0 bridgehead atoms. The maximum Gasteiger partial charge on any atom is 0.322 e. The van der Waals surface area contributed by atoms with E-state index < -0.39 is 0 Å². The summed E-state index contributed by atoms with van der Waals surface area (Å²) < 4.78 is 6.54. The second kappa shape index (κ2) is 10.0. The van der Waals surface area contributed by atoms with Crippen LogP contribution >= 0.6 is 0 Å². The van der Waals surface area contributed by atoms with Crippen LogP contribution in [0.3, 0.4) is 0 Å². The molecule has 1 aliphatic rings. The van der Waals surface area contributed by atoms with Gasteiger partial charge in [-0.1, -0.05) is 24.3 Å². The summed E-state index contributed by atoms with van der Waals surface area (Å²) >= 11 is 0. The normalized spacial score (nSPS) is 16.1. The lowest BCUT2D eigenvalue weighted by Gasteiger charge is -2.25. The maximum atomic E-state index is 12.8. The molecule has 156 valence electrons. The second-order valence-electron chi connectivity index (χ2n) is 7.05. The van der Waals surface area contributed by atoms with Crippen LogP contribution in [-0.2, 0) is 17.7 Å². The van der Waals surface area contributed by atoms with Crippen molar-refractivity contribution in [3.05, 3.63) is 41.7 Å². The minimum absolute atomic E-state index is 0.00969. The molecular formula is C20H28N6O3. The quantitative estimate of drug-likeness (QED) is 0.659. The van der Waals surface area contributed by atoms with Crippen LogP contribution < -0.4 is 10.6 Å². The van der Waals surface area contributed by atoms with E-state index in [1.54, 1.807) is 18.0 Å². The van der Waals surface area contributed by atoms with Crippen molar-refractivity contribution in [1.29, 1.82) is 0 Å². The molecule has 0 aliphatic carbocycles. The predicted molar refractivity (Wildman–Crippen MR) is 109 cm³/mol. The molecule has 1 aromatic carbocycles. The predicted octanol–water partition coefficient (Wildman–Crippen LogP) is 1.91. The fourth-order valence-electron chi connectivity index (χ4n) is 3.42. The number of carbonyl (C=O) groups is 2. The highest BCUT2D eigenvalue weighted by atomic mass is 16.5. The molecule has 2 aromatic rings. The van der Waals surface area contributed by atoms with Gasteiger partial charge in [-0.2, -0.15) is 0 Å². The Hall–Kier alpha value is -2.94. The molecule has 3 rings (SSSR count). The number of aromatic nitrogens is 3. The van der Waals surface area contributed by atoms with E-state index >= 15 is 0 Å². The molecule has 9 nitrogen and oxygen atoms in total. The Kier molecular flexibility index (Phi) is 7.18. The smallest absolute Gasteiger partial charge is 0.322 e. The highest BCUT2D eigenvalue weighted by molar-refractivity contribution is 5.91. The largest absolute Gasteiger partial charge is 0.383 e. The first-order valence-corrected chi connectivity index (χ1v) is 9.94. The number of nitrogens with zero attached hydrogens (tertiary/aromatic N) is 4. The summed E-state index contributed by atoms with van der Waals surface area (Å²) in [7, 11) is 1.58. The number of methoxy groups -OCH3 is 1. The summed E-state index contributed by atoms with van der Waals surface area (Å²) in [4.78, 5) is 26.6. The fraction of sp³-hybridized carbons (Fsp3) is 0.500. The third-order valence-corrected chi connectivity index (χ3v) is 4.99. The number of aryl methyl sites for hydroxylation is 1. The number of nitrogens with one attached hydrogen (secondary N) is 2. The van der Waals surface area contributed by atoms with Crippen molar-refractivity contribution in [2.75, 3.05) is 32.1 Å². The molecular weight excluding hydrogens is 372 g/mol. The molecule has 1 fully saturated rings. The van der Waals surface area contributed by atoms with Gasteiger partial charge in [0.25, 0.3) is 5.91 Å². The number of ether oxygens (including phenoxy) is 1. The van der Waals surface area contributed by atoms with Crippen molar-refractivity contribution in [2.24, 2.45) is 0 Å². The Bertz CT molecular complexity index is 837. The molecule has 0 spiro atoms. The van der Waals surface area contributed by atoms with Crippen molar-refractivity contribution in [2.45, 2.75) is 38.8 Å². The van der Waals surface area contributed by atoms with Crippen molar-refractivity contribution in [3.8, 4) is 0 Å². The van der Waals surface area contributed by atoms with Gasteiger partial charge in [0.15, 0.2) is 5.69 Å². The van der Waals surface area contributed by atoms with E-state index in [1.807, 2.05) is 29.2 Å². The highest BCUT2D eigenvalue weighted by Gasteiger charge is 2.29.